The molecule has 3 heteroatoms. The molecule has 12 heavy (non-hydrogen) atoms. The van der Waals surface area contributed by atoms with E-state index in [0.29, 0.717) is 5.92 Å². The van der Waals surface area contributed by atoms with Crippen LogP contribution in [0.5, 0.6) is 0 Å². The Bertz CT molecular complexity index is 193. The molecule has 1 N–H and O–H groups in total. The summed E-state index contributed by atoms with van der Waals surface area (Å²) in [6.07, 6.45) is 1.32. The van der Waals surface area contributed by atoms with Gasteiger partial charge in [0.05, 0.1) is 12.0 Å². The van der Waals surface area contributed by atoms with Gasteiger partial charge in [-0.25, -0.2) is 0 Å². The Kier molecular flexibility index (Phi) is 1.83. The standard InChI is InChI=1S/C9H15NO2/c1-5(2)10-9(11)7-6-3-4-12-8(6)7/h5-8H,3-4H2,1-2H3,(H,10,11). The van der Waals surface area contributed by atoms with E-state index in [2.05, 4.69) is 5.32 Å². The van der Waals surface area contributed by atoms with Gasteiger partial charge in [0.15, 0.2) is 0 Å². The number of hydrogen-bond donors (Lipinski definition) is 1. The second kappa shape index (κ2) is 2.73. The number of carbonyl (C=O) groups is 1. The summed E-state index contributed by atoms with van der Waals surface area (Å²) in [7, 11) is 0. The van der Waals surface area contributed by atoms with E-state index in [1.165, 1.54) is 0 Å². The molecule has 0 radical (unpaired) electrons. The van der Waals surface area contributed by atoms with Crippen molar-refractivity contribution in [1.29, 1.82) is 0 Å². The van der Waals surface area contributed by atoms with Crippen molar-refractivity contribution in [3.63, 3.8) is 0 Å². The molecule has 0 aromatic heterocycles. The molecule has 1 amide bonds. The van der Waals surface area contributed by atoms with Crippen molar-refractivity contribution in [2.24, 2.45) is 11.8 Å². The summed E-state index contributed by atoms with van der Waals surface area (Å²) in [5.41, 5.74) is 0. The molecule has 1 aliphatic carbocycles. The van der Waals surface area contributed by atoms with Crippen LogP contribution in [0.25, 0.3) is 0 Å². The summed E-state index contributed by atoms with van der Waals surface area (Å²) in [6.45, 7) is 4.81. The van der Waals surface area contributed by atoms with Gasteiger partial charge in [-0.05, 0) is 20.3 Å². The van der Waals surface area contributed by atoms with Crippen LogP contribution in [0.2, 0.25) is 0 Å². The van der Waals surface area contributed by atoms with Crippen LogP contribution in [-0.2, 0) is 9.53 Å². The second-order valence-electron chi connectivity index (χ2n) is 3.98. The van der Waals surface area contributed by atoms with E-state index in [0.717, 1.165) is 13.0 Å². The zero-order valence-corrected chi connectivity index (χ0v) is 7.54. The summed E-state index contributed by atoms with van der Waals surface area (Å²) < 4.78 is 5.38. The van der Waals surface area contributed by atoms with Crippen LogP contribution in [0.15, 0.2) is 0 Å². The lowest BCUT2D eigenvalue weighted by molar-refractivity contribution is -0.124. The van der Waals surface area contributed by atoms with E-state index in [1.54, 1.807) is 0 Å². The Morgan fingerprint density at radius 2 is 2.33 bits per heavy atom. The topological polar surface area (TPSA) is 38.3 Å². The zero-order chi connectivity index (χ0) is 8.72. The molecule has 2 rings (SSSR count). The van der Waals surface area contributed by atoms with Gasteiger partial charge in [-0.3, -0.25) is 4.79 Å². The molecule has 0 spiro atoms. The first-order valence-corrected chi connectivity index (χ1v) is 4.62. The quantitative estimate of drug-likeness (QED) is 0.655. The van der Waals surface area contributed by atoms with E-state index in [-0.39, 0.29) is 24.0 Å². The largest absolute Gasteiger partial charge is 0.377 e. The maximum Gasteiger partial charge on any atom is 0.226 e. The average Bonchev–Trinajstić information content (AvgIpc) is 2.45. The molecule has 0 aromatic carbocycles. The number of ether oxygens (including phenoxy) is 1. The molecule has 1 saturated carbocycles. The predicted octanol–water partition coefficient (Wildman–Crippen LogP) is 0.546. The first-order chi connectivity index (χ1) is 5.70. The molecule has 0 aromatic rings. The molecule has 2 aliphatic rings. The van der Waals surface area contributed by atoms with Crippen LogP contribution < -0.4 is 5.32 Å². The van der Waals surface area contributed by atoms with Crippen LogP contribution in [0.3, 0.4) is 0 Å². The highest BCUT2D eigenvalue weighted by molar-refractivity contribution is 5.83. The van der Waals surface area contributed by atoms with Crippen LogP contribution in [0.1, 0.15) is 20.3 Å². The maximum absolute atomic E-state index is 11.4. The zero-order valence-electron chi connectivity index (χ0n) is 7.54. The fraction of sp³-hybridized carbons (Fsp3) is 0.889. The average molecular weight is 169 g/mol. The smallest absolute Gasteiger partial charge is 0.226 e. The number of carbonyl (C=O) groups excluding carboxylic acids is 1. The van der Waals surface area contributed by atoms with E-state index in [1.807, 2.05) is 13.8 Å². The van der Waals surface area contributed by atoms with Crippen molar-refractivity contribution in [3.8, 4) is 0 Å². The summed E-state index contributed by atoms with van der Waals surface area (Å²) >= 11 is 0. The Morgan fingerprint density at radius 1 is 1.58 bits per heavy atom. The Balaban J connectivity index is 1.84. The lowest BCUT2D eigenvalue weighted by Gasteiger charge is -2.08. The van der Waals surface area contributed by atoms with Gasteiger partial charge in [0, 0.05) is 18.6 Å². The van der Waals surface area contributed by atoms with Crippen molar-refractivity contribution in [2.45, 2.75) is 32.4 Å². The van der Waals surface area contributed by atoms with Crippen molar-refractivity contribution in [1.82, 2.24) is 5.32 Å². The molecular formula is C9H15NO2. The van der Waals surface area contributed by atoms with E-state index >= 15 is 0 Å². The number of nitrogens with one attached hydrogen (secondary N) is 1. The lowest BCUT2D eigenvalue weighted by Crippen LogP contribution is -2.33. The molecular weight excluding hydrogens is 154 g/mol. The van der Waals surface area contributed by atoms with Crippen LogP contribution >= 0.6 is 0 Å². The monoisotopic (exact) mass is 169 g/mol. The first kappa shape index (κ1) is 8.05. The molecule has 2 fully saturated rings. The summed E-state index contributed by atoms with van der Waals surface area (Å²) in [5, 5.41) is 2.91. The molecule has 1 saturated heterocycles. The van der Waals surface area contributed by atoms with Gasteiger partial charge < -0.3 is 10.1 Å². The first-order valence-electron chi connectivity index (χ1n) is 4.62. The maximum atomic E-state index is 11.4. The minimum atomic E-state index is 0.168. The molecule has 3 atom stereocenters. The summed E-state index contributed by atoms with van der Waals surface area (Å²) in [6, 6.07) is 0.249. The molecule has 1 heterocycles. The van der Waals surface area contributed by atoms with E-state index < -0.39 is 0 Å². The van der Waals surface area contributed by atoms with Gasteiger partial charge in [0.2, 0.25) is 5.91 Å². The molecule has 3 unspecified atom stereocenters. The van der Waals surface area contributed by atoms with E-state index in [9.17, 15) is 4.79 Å². The lowest BCUT2D eigenvalue weighted by atomic mass is 10.2. The number of amides is 1. The highest BCUT2D eigenvalue weighted by Crippen LogP contribution is 2.48. The van der Waals surface area contributed by atoms with Crippen LogP contribution in [0.4, 0.5) is 0 Å². The fourth-order valence-corrected chi connectivity index (χ4v) is 1.98. The fourth-order valence-electron chi connectivity index (χ4n) is 1.98. The predicted molar refractivity (Wildman–Crippen MR) is 44.6 cm³/mol. The van der Waals surface area contributed by atoms with Crippen LogP contribution in [0, 0.1) is 11.8 Å². The highest BCUT2D eigenvalue weighted by atomic mass is 16.5. The van der Waals surface area contributed by atoms with Gasteiger partial charge in [0.25, 0.3) is 0 Å². The minimum absolute atomic E-state index is 0.168. The van der Waals surface area contributed by atoms with Crippen molar-refractivity contribution >= 4 is 5.91 Å². The summed E-state index contributed by atoms with van der Waals surface area (Å²) in [4.78, 5) is 11.4. The highest BCUT2D eigenvalue weighted by Gasteiger charge is 2.58. The molecule has 0 bridgehead atoms. The summed E-state index contributed by atoms with van der Waals surface area (Å²) in [5.74, 6) is 0.879. The normalized spacial score (nSPS) is 38.1. The number of hydrogen-bond acceptors (Lipinski definition) is 2. The van der Waals surface area contributed by atoms with Crippen molar-refractivity contribution in [3.05, 3.63) is 0 Å². The van der Waals surface area contributed by atoms with Crippen molar-refractivity contribution < 1.29 is 9.53 Å². The third kappa shape index (κ3) is 1.22. The van der Waals surface area contributed by atoms with Crippen LogP contribution in [-0.4, -0.2) is 24.7 Å². The second-order valence-corrected chi connectivity index (χ2v) is 3.98. The Morgan fingerprint density at radius 3 is 2.83 bits per heavy atom. The van der Waals surface area contributed by atoms with Gasteiger partial charge in [0.1, 0.15) is 0 Å². The molecule has 68 valence electrons. The van der Waals surface area contributed by atoms with Gasteiger partial charge in [-0.2, -0.15) is 0 Å². The Hall–Kier alpha value is -0.570. The Labute approximate surface area is 72.5 Å². The third-order valence-corrected chi connectivity index (χ3v) is 2.59. The van der Waals surface area contributed by atoms with Gasteiger partial charge in [-0.15, -0.1) is 0 Å². The number of rotatable bonds is 2. The van der Waals surface area contributed by atoms with Gasteiger partial charge in [-0.1, -0.05) is 0 Å². The minimum Gasteiger partial charge on any atom is -0.377 e. The SMILES string of the molecule is CC(C)NC(=O)C1C2CCOC21. The molecule has 3 nitrogen and oxygen atoms in total. The third-order valence-electron chi connectivity index (χ3n) is 2.59. The van der Waals surface area contributed by atoms with E-state index in [4.69, 9.17) is 4.74 Å². The number of fused-ring (bicyclic) bond motifs is 1. The molecule has 1 aliphatic heterocycles. The van der Waals surface area contributed by atoms with Gasteiger partial charge >= 0.3 is 0 Å². The van der Waals surface area contributed by atoms with Crippen molar-refractivity contribution in [2.75, 3.05) is 6.61 Å².